The first-order valence-electron chi connectivity index (χ1n) is 6.17. The predicted octanol–water partition coefficient (Wildman–Crippen LogP) is 0.604. The van der Waals surface area contributed by atoms with E-state index >= 15 is 0 Å². The van der Waals surface area contributed by atoms with Crippen LogP contribution in [0.2, 0.25) is 0 Å². The average molecular weight is 228 g/mol. The summed E-state index contributed by atoms with van der Waals surface area (Å²) in [5, 5.41) is 12.5. The van der Waals surface area contributed by atoms with Crippen LogP contribution >= 0.6 is 0 Å². The number of carbonyl (C=O) groups is 1. The molecule has 3 atom stereocenters. The molecule has 0 aromatic heterocycles. The van der Waals surface area contributed by atoms with Crippen LogP contribution in [0, 0.1) is 5.92 Å². The van der Waals surface area contributed by atoms with Gasteiger partial charge in [-0.25, -0.2) is 0 Å². The summed E-state index contributed by atoms with van der Waals surface area (Å²) in [6.07, 6.45) is 2.19. The molecule has 0 aromatic carbocycles. The first-order chi connectivity index (χ1) is 7.50. The Balaban J connectivity index is 2.37. The van der Waals surface area contributed by atoms with Crippen molar-refractivity contribution in [3.8, 4) is 0 Å². The lowest BCUT2D eigenvalue weighted by Gasteiger charge is -2.30. The molecule has 1 amide bonds. The van der Waals surface area contributed by atoms with Crippen molar-refractivity contribution in [3.05, 3.63) is 0 Å². The Morgan fingerprint density at radius 1 is 1.62 bits per heavy atom. The third kappa shape index (κ3) is 4.10. The molecule has 16 heavy (non-hydrogen) atoms. The van der Waals surface area contributed by atoms with Crippen molar-refractivity contribution in [2.45, 2.75) is 45.3 Å². The number of rotatable bonds is 4. The maximum Gasteiger partial charge on any atom is 0.225 e. The zero-order valence-electron chi connectivity index (χ0n) is 10.6. The zero-order valence-corrected chi connectivity index (χ0v) is 10.6. The van der Waals surface area contributed by atoms with Crippen LogP contribution in [0.25, 0.3) is 0 Å². The number of amides is 1. The van der Waals surface area contributed by atoms with E-state index < -0.39 is 0 Å². The molecule has 2 N–H and O–H groups in total. The number of nitrogens with zero attached hydrogens (tertiary/aromatic N) is 1. The van der Waals surface area contributed by atoms with Gasteiger partial charge in [0, 0.05) is 25.6 Å². The molecular formula is C12H24N2O2. The Kier molecular flexibility index (Phi) is 5.22. The maximum atomic E-state index is 12.1. The molecule has 1 saturated heterocycles. The van der Waals surface area contributed by atoms with E-state index in [2.05, 4.69) is 12.2 Å². The van der Waals surface area contributed by atoms with Gasteiger partial charge in [-0.2, -0.15) is 0 Å². The fourth-order valence-corrected chi connectivity index (χ4v) is 2.16. The standard InChI is InChI=1S/C12H24N2O2/c1-9-8-11(4-6-13-9)12(16)14(3)7-5-10(2)15/h9-11,13,15H,4-8H2,1-3H3/t9-,10?,11-/m0/s1. The van der Waals surface area contributed by atoms with Gasteiger partial charge >= 0.3 is 0 Å². The van der Waals surface area contributed by atoms with E-state index in [1.54, 1.807) is 11.8 Å². The summed E-state index contributed by atoms with van der Waals surface area (Å²) in [5.74, 6) is 0.393. The Bertz CT molecular complexity index is 231. The zero-order chi connectivity index (χ0) is 12.1. The second kappa shape index (κ2) is 6.21. The van der Waals surface area contributed by atoms with Gasteiger partial charge in [0.05, 0.1) is 6.10 Å². The topological polar surface area (TPSA) is 52.6 Å². The Labute approximate surface area is 98.0 Å². The molecule has 1 heterocycles. The molecule has 94 valence electrons. The third-order valence-electron chi connectivity index (χ3n) is 3.23. The summed E-state index contributed by atoms with van der Waals surface area (Å²) < 4.78 is 0. The highest BCUT2D eigenvalue weighted by atomic mass is 16.3. The molecule has 1 fully saturated rings. The summed E-state index contributed by atoms with van der Waals surface area (Å²) >= 11 is 0. The van der Waals surface area contributed by atoms with Gasteiger partial charge in [0.25, 0.3) is 0 Å². The molecule has 0 saturated carbocycles. The first kappa shape index (κ1) is 13.5. The molecule has 0 aromatic rings. The summed E-state index contributed by atoms with van der Waals surface area (Å²) in [4.78, 5) is 13.8. The van der Waals surface area contributed by atoms with Crippen LogP contribution in [0.4, 0.5) is 0 Å². The highest BCUT2D eigenvalue weighted by Gasteiger charge is 2.26. The smallest absolute Gasteiger partial charge is 0.225 e. The quantitative estimate of drug-likeness (QED) is 0.741. The number of piperidine rings is 1. The van der Waals surface area contributed by atoms with Crippen LogP contribution in [0.5, 0.6) is 0 Å². The van der Waals surface area contributed by atoms with E-state index in [0.717, 1.165) is 19.4 Å². The maximum absolute atomic E-state index is 12.1. The number of aliphatic hydroxyl groups is 1. The van der Waals surface area contributed by atoms with Gasteiger partial charge in [-0.3, -0.25) is 4.79 Å². The van der Waals surface area contributed by atoms with Gasteiger partial charge < -0.3 is 15.3 Å². The van der Waals surface area contributed by atoms with Crippen LogP contribution in [0.3, 0.4) is 0 Å². The van der Waals surface area contributed by atoms with Crippen molar-refractivity contribution in [3.63, 3.8) is 0 Å². The second-order valence-electron chi connectivity index (χ2n) is 4.97. The van der Waals surface area contributed by atoms with Gasteiger partial charge in [0.2, 0.25) is 5.91 Å². The fraction of sp³-hybridized carbons (Fsp3) is 0.917. The van der Waals surface area contributed by atoms with Crippen molar-refractivity contribution < 1.29 is 9.90 Å². The largest absolute Gasteiger partial charge is 0.393 e. The van der Waals surface area contributed by atoms with Gasteiger partial charge in [0.15, 0.2) is 0 Å². The van der Waals surface area contributed by atoms with E-state index in [0.29, 0.717) is 19.0 Å². The Hall–Kier alpha value is -0.610. The normalized spacial score (nSPS) is 27.5. The molecule has 0 spiro atoms. The van der Waals surface area contributed by atoms with Crippen LogP contribution in [0.1, 0.15) is 33.1 Å². The third-order valence-corrected chi connectivity index (χ3v) is 3.23. The number of aliphatic hydroxyl groups excluding tert-OH is 1. The molecule has 0 bridgehead atoms. The first-order valence-corrected chi connectivity index (χ1v) is 6.17. The molecule has 0 aliphatic carbocycles. The molecule has 1 unspecified atom stereocenters. The van der Waals surface area contributed by atoms with Gasteiger partial charge in [-0.1, -0.05) is 0 Å². The lowest BCUT2D eigenvalue weighted by Crippen LogP contribution is -2.43. The molecule has 1 aliphatic rings. The van der Waals surface area contributed by atoms with E-state index in [1.165, 1.54) is 0 Å². The monoisotopic (exact) mass is 228 g/mol. The summed E-state index contributed by atoms with van der Waals surface area (Å²) in [6.45, 7) is 5.46. The minimum absolute atomic E-state index is 0.162. The summed E-state index contributed by atoms with van der Waals surface area (Å²) in [5.41, 5.74) is 0. The van der Waals surface area contributed by atoms with Gasteiger partial charge in [-0.05, 0) is 39.7 Å². The van der Waals surface area contributed by atoms with Crippen LogP contribution in [-0.4, -0.2) is 48.2 Å². The number of carbonyl (C=O) groups excluding carboxylic acids is 1. The van der Waals surface area contributed by atoms with Gasteiger partial charge in [-0.15, -0.1) is 0 Å². The number of nitrogens with one attached hydrogen (secondary N) is 1. The van der Waals surface area contributed by atoms with E-state index in [4.69, 9.17) is 0 Å². The molecule has 4 heteroatoms. The van der Waals surface area contributed by atoms with E-state index in [9.17, 15) is 9.90 Å². The highest BCUT2D eigenvalue weighted by Crippen LogP contribution is 2.18. The second-order valence-corrected chi connectivity index (χ2v) is 4.97. The van der Waals surface area contributed by atoms with Gasteiger partial charge in [0.1, 0.15) is 0 Å². The van der Waals surface area contributed by atoms with Crippen LogP contribution in [0.15, 0.2) is 0 Å². The van der Waals surface area contributed by atoms with Crippen molar-refractivity contribution in [1.29, 1.82) is 0 Å². The Morgan fingerprint density at radius 2 is 2.31 bits per heavy atom. The molecule has 4 nitrogen and oxygen atoms in total. The summed E-state index contributed by atoms with van der Waals surface area (Å²) in [6, 6.07) is 0.438. The lowest BCUT2D eigenvalue weighted by molar-refractivity contribution is -0.135. The molecule has 0 radical (unpaired) electrons. The minimum atomic E-state index is -0.331. The fourth-order valence-electron chi connectivity index (χ4n) is 2.16. The van der Waals surface area contributed by atoms with Crippen LogP contribution < -0.4 is 5.32 Å². The average Bonchev–Trinajstić information content (AvgIpc) is 2.24. The van der Waals surface area contributed by atoms with E-state index in [-0.39, 0.29) is 17.9 Å². The van der Waals surface area contributed by atoms with E-state index in [1.807, 2.05) is 7.05 Å². The molecule has 1 rings (SSSR count). The minimum Gasteiger partial charge on any atom is -0.393 e. The summed E-state index contributed by atoms with van der Waals surface area (Å²) in [7, 11) is 1.83. The molecular weight excluding hydrogens is 204 g/mol. The van der Waals surface area contributed by atoms with Crippen molar-refractivity contribution >= 4 is 5.91 Å². The predicted molar refractivity (Wildman–Crippen MR) is 64.1 cm³/mol. The lowest BCUT2D eigenvalue weighted by atomic mass is 9.92. The van der Waals surface area contributed by atoms with Crippen molar-refractivity contribution in [1.82, 2.24) is 10.2 Å². The molecule has 1 aliphatic heterocycles. The van der Waals surface area contributed by atoms with Crippen LogP contribution in [-0.2, 0) is 4.79 Å². The number of hydrogen-bond donors (Lipinski definition) is 2. The Morgan fingerprint density at radius 3 is 2.88 bits per heavy atom. The van der Waals surface area contributed by atoms with Crippen molar-refractivity contribution in [2.24, 2.45) is 5.92 Å². The SMILES string of the molecule is CC(O)CCN(C)C(=O)[C@H]1CCN[C@@H](C)C1. The highest BCUT2D eigenvalue weighted by molar-refractivity contribution is 5.78. The van der Waals surface area contributed by atoms with Crippen molar-refractivity contribution in [2.75, 3.05) is 20.1 Å². The number of hydrogen-bond acceptors (Lipinski definition) is 3.